The van der Waals surface area contributed by atoms with Crippen LogP contribution in [0.2, 0.25) is 0 Å². The van der Waals surface area contributed by atoms with Gasteiger partial charge < -0.3 is 49.4 Å². The van der Waals surface area contributed by atoms with Crippen LogP contribution in [0.25, 0.3) is 0 Å². The number of hydrogen-bond donors (Lipinski definition) is 2. The van der Waals surface area contributed by atoms with Crippen LogP contribution in [0.4, 0.5) is 0 Å². The second-order valence-corrected chi connectivity index (χ2v) is 2.81. The van der Waals surface area contributed by atoms with Crippen LogP contribution in [0, 0.1) is 0 Å². The van der Waals surface area contributed by atoms with Gasteiger partial charge in [0.2, 0.25) is 0 Å². The molecule has 0 aliphatic rings. The zero-order chi connectivity index (χ0) is 9.00. The van der Waals surface area contributed by atoms with Gasteiger partial charge in [-0.25, -0.2) is 0 Å². The summed E-state index contributed by atoms with van der Waals surface area (Å²) in [5.74, 6) is 0. The molecule has 14 heteroatoms. The van der Waals surface area contributed by atoms with Gasteiger partial charge in [0.25, 0.3) is 0 Å². The second-order valence-electron chi connectivity index (χ2n) is 0.937. The molecule has 0 amide bonds. The maximum atomic E-state index is 8.66. The predicted octanol–water partition coefficient (Wildman–Crippen LogP) is -6.80. The van der Waals surface area contributed by atoms with Crippen molar-refractivity contribution in [2.24, 2.45) is 0 Å². The van der Waals surface area contributed by atoms with E-state index in [2.05, 4.69) is 0 Å². The maximum absolute atomic E-state index is 8.66. The third-order valence-corrected chi connectivity index (χ3v) is 0. The normalized spacial score (nSPS) is 8.43. The fourth-order valence-electron chi connectivity index (χ4n) is 0. The van der Waals surface area contributed by atoms with Crippen LogP contribution in [-0.4, -0.2) is 81.5 Å². The summed E-state index contributed by atoms with van der Waals surface area (Å²) >= 11 is 0. The van der Waals surface area contributed by atoms with E-state index < -0.39 is 15.6 Å². The first-order chi connectivity index (χ1) is 4.00. The molecule has 0 saturated carbocycles. The summed E-state index contributed by atoms with van der Waals surface area (Å²) in [6.07, 6.45) is 0. The van der Waals surface area contributed by atoms with Crippen LogP contribution < -0.4 is 19.6 Å². The molecule has 0 aromatic rings. The number of phosphoric acid groups is 2. The Morgan fingerprint density at radius 1 is 0.786 bits per heavy atom. The molecule has 0 spiro atoms. The summed E-state index contributed by atoms with van der Waals surface area (Å²) in [7, 11) is -10.3. The molecule has 0 aliphatic carbocycles. The van der Waals surface area contributed by atoms with Crippen molar-refractivity contribution >= 4 is 76.4 Å². The van der Waals surface area contributed by atoms with Gasteiger partial charge in [0.05, 0.1) is 15.6 Å². The Balaban J connectivity index is -0.0000000178. The van der Waals surface area contributed by atoms with E-state index in [-0.39, 0.29) is 71.7 Å². The van der Waals surface area contributed by atoms with Crippen molar-refractivity contribution in [3.8, 4) is 0 Å². The Hall–Kier alpha value is 2.17. The van der Waals surface area contributed by atoms with Crippen molar-refractivity contribution in [2.45, 2.75) is 0 Å². The average Bonchev–Trinajstić information content (AvgIpc) is 1.12. The Morgan fingerprint density at radius 3 is 0.786 bits per heavy atom. The summed E-state index contributed by atoms with van der Waals surface area (Å²) in [6.45, 7) is 0. The van der Waals surface area contributed by atoms with Crippen LogP contribution in [0.1, 0.15) is 0 Å². The molecule has 0 aliphatic heterocycles. The van der Waals surface area contributed by atoms with E-state index in [9.17, 15) is 0 Å². The molecule has 80 valence electrons. The van der Waals surface area contributed by atoms with Crippen molar-refractivity contribution < 1.29 is 49.4 Å². The monoisotopic (exact) mass is 292 g/mol. The van der Waals surface area contributed by atoms with Gasteiger partial charge in [-0.3, -0.25) is 0 Å². The molecule has 0 bridgehead atoms. The van der Waals surface area contributed by atoms with E-state index in [1.54, 1.807) is 0 Å². The molecule has 0 radical (unpaired) electrons. The van der Waals surface area contributed by atoms with Gasteiger partial charge in [0, 0.05) is 0 Å². The Kier molecular flexibility index (Phi) is 39.0. The van der Waals surface area contributed by atoms with E-state index in [1.807, 2.05) is 0 Å². The molecule has 0 aromatic carbocycles. The molecular weight excluding hydrogens is 286 g/mol. The number of hydrogen-bond acceptors (Lipinski definition) is 6. The van der Waals surface area contributed by atoms with Crippen molar-refractivity contribution in [3.63, 3.8) is 0 Å². The summed E-state index contributed by atoms with van der Waals surface area (Å²) in [4.78, 5) is 48.6. The smallest absolute Gasteiger partial charge is 0.790 e. The molecule has 0 fully saturated rings. The van der Waals surface area contributed by atoms with Gasteiger partial charge in [-0.1, -0.05) is 0 Å². The van der Waals surface area contributed by atoms with Crippen LogP contribution >= 0.6 is 15.6 Å². The van der Waals surface area contributed by atoms with Crippen molar-refractivity contribution in [1.29, 1.82) is 0 Å². The van der Waals surface area contributed by atoms with Gasteiger partial charge in [-0.2, -0.15) is 0 Å². The van der Waals surface area contributed by atoms with Gasteiger partial charge in [-0.15, -0.1) is 0 Å². The first-order valence-electron chi connectivity index (χ1n) is 1.50. The third-order valence-electron chi connectivity index (χ3n) is 0. The molecular formula is H6CaMgO10P2. The third kappa shape index (κ3) is 523. The van der Waals surface area contributed by atoms with E-state index >= 15 is 0 Å². The zero-order valence-electron chi connectivity index (χ0n) is 6.65. The van der Waals surface area contributed by atoms with Gasteiger partial charge in [0.15, 0.2) is 0 Å². The van der Waals surface area contributed by atoms with Crippen LogP contribution in [0.5, 0.6) is 0 Å². The van der Waals surface area contributed by atoms with Crippen molar-refractivity contribution in [1.82, 2.24) is 0 Å². The Morgan fingerprint density at radius 2 is 0.786 bits per heavy atom. The SMILES string of the molecule is O.O.O=P([O-])([O-])O.O=P([O-])([O-])O.[Ca+2].[Mg+2]. The molecule has 6 N–H and O–H groups in total. The van der Waals surface area contributed by atoms with Crippen molar-refractivity contribution in [2.75, 3.05) is 0 Å². The quantitative estimate of drug-likeness (QED) is 0.321. The van der Waals surface area contributed by atoms with Crippen LogP contribution in [-0.2, 0) is 9.13 Å². The van der Waals surface area contributed by atoms with Crippen LogP contribution in [0.15, 0.2) is 0 Å². The molecule has 0 saturated heterocycles. The van der Waals surface area contributed by atoms with Gasteiger partial charge in [0.1, 0.15) is 0 Å². The van der Waals surface area contributed by atoms with Crippen molar-refractivity contribution in [3.05, 3.63) is 0 Å². The molecule has 0 unspecified atom stereocenters. The topological polar surface area (TPSA) is 230 Å². The zero-order valence-corrected chi connectivity index (χ0v) is 12.1. The molecule has 0 atom stereocenters. The number of rotatable bonds is 0. The average molecular weight is 292 g/mol. The van der Waals surface area contributed by atoms with E-state index in [4.69, 9.17) is 38.5 Å². The Bertz CT molecular complexity index is 130. The standard InChI is InChI=1S/Ca.Mg.2H3O4P.2H2O/c;;2*1-5(2,3)4;;/h;;2*(H3,1,2,3,4);2*1H2/q2*+2;;;;/p-4. The van der Waals surface area contributed by atoms with E-state index in [1.165, 1.54) is 0 Å². The molecule has 0 heterocycles. The minimum Gasteiger partial charge on any atom is -0.790 e. The van der Waals surface area contributed by atoms with Gasteiger partial charge in [-0.05, 0) is 0 Å². The molecule has 10 nitrogen and oxygen atoms in total. The second kappa shape index (κ2) is 15.2. The largest absolute Gasteiger partial charge is 2.00 e. The molecule has 0 aromatic heterocycles. The molecule has 14 heavy (non-hydrogen) atoms. The minimum absolute atomic E-state index is 0. The summed E-state index contributed by atoms with van der Waals surface area (Å²) in [5.41, 5.74) is 0. The van der Waals surface area contributed by atoms with E-state index in [0.29, 0.717) is 0 Å². The maximum Gasteiger partial charge on any atom is 2.00 e. The Labute approximate surface area is 125 Å². The fraction of sp³-hybridized carbons (Fsp3) is 0. The first kappa shape index (κ1) is 36.0. The minimum atomic E-state index is -5.14. The summed E-state index contributed by atoms with van der Waals surface area (Å²) in [5, 5.41) is 0. The summed E-state index contributed by atoms with van der Waals surface area (Å²) in [6, 6.07) is 0. The van der Waals surface area contributed by atoms with E-state index in [0.717, 1.165) is 0 Å². The molecule has 0 rings (SSSR count). The summed E-state index contributed by atoms with van der Waals surface area (Å²) < 4.78 is 17.3. The fourth-order valence-corrected chi connectivity index (χ4v) is 0. The van der Waals surface area contributed by atoms with Crippen LogP contribution in [0.3, 0.4) is 0 Å². The predicted molar refractivity (Wildman–Crippen MR) is 38.4 cm³/mol. The van der Waals surface area contributed by atoms with Gasteiger partial charge >= 0.3 is 60.8 Å². The first-order valence-corrected chi connectivity index (χ1v) is 4.49.